The van der Waals surface area contributed by atoms with Crippen molar-refractivity contribution < 1.29 is 32.9 Å². The number of halogens is 3. The molecule has 8 heteroatoms. The predicted octanol–water partition coefficient (Wildman–Crippen LogP) is 5.57. The maximum absolute atomic E-state index is 13.2. The van der Waals surface area contributed by atoms with E-state index < -0.39 is 36.9 Å². The number of carbonyl (C=O) groups excluding carboxylic acids is 1. The monoisotopic (exact) mass is 555 g/mol. The number of nitrogens with zero attached hydrogens (tertiary/aromatic N) is 1. The summed E-state index contributed by atoms with van der Waals surface area (Å²) in [5, 5.41) is 23.1. The second-order valence-corrected chi connectivity index (χ2v) is 15.7. The van der Waals surface area contributed by atoms with E-state index in [1.165, 1.54) is 13.3 Å². The first-order valence-corrected chi connectivity index (χ1v) is 15.3. The molecule has 12 atom stereocenters. The van der Waals surface area contributed by atoms with E-state index in [2.05, 4.69) is 34.6 Å². The van der Waals surface area contributed by atoms with Gasteiger partial charge in [-0.3, -0.25) is 4.79 Å². The molecule has 1 amide bonds. The Morgan fingerprint density at radius 3 is 2.28 bits per heavy atom. The topological polar surface area (TPSA) is 70.0 Å². The third-order valence-corrected chi connectivity index (χ3v) is 14.1. The van der Waals surface area contributed by atoms with E-state index in [0.29, 0.717) is 18.3 Å². The molecular formula is C31H48F3NO4. The minimum atomic E-state index is -4.46. The molecule has 1 aliphatic heterocycles. The molecule has 1 heterocycles. The molecule has 0 aromatic carbocycles. The van der Waals surface area contributed by atoms with Crippen LogP contribution in [0.1, 0.15) is 92.9 Å². The number of alkyl halides is 3. The first kappa shape index (κ1) is 28.3. The molecule has 5 aliphatic carbocycles. The molecule has 0 aromatic heterocycles. The maximum Gasteiger partial charge on any atom is 0.406 e. The van der Waals surface area contributed by atoms with Crippen LogP contribution in [-0.4, -0.2) is 64.7 Å². The Hall–Kier alpha value is -0.860. The zero-order chi connectivity index (χ0) is 28.6. The highest BCUT2D eigenvalue weighted by molar-refractivity contribution is 5.73. The second-order valence-electron chi connectivity index (χ2n) is 15.7. The van der Waals surface area contributed by atoms with E-state index in [1.807, 2.05) is 0 Å². The molecule has 0 aromatic rings. The van der Waals surface area contributed by atoms with Gasteiger partial charge in [-0.15, -0.1) is 0 Å². The smallest absolute Gasteiger partial charge is 0.393 e. The molecule has 6 fully saturated rings. The normalized spacial score (nSPS) is 53.5. The van der Waals surface area contributed by atoms with Crippen LogP contribution in [0.5, 0.6) is 0 Å². The van der Waals surface area contributed by atoms with Crippen LogP contribution in [0.3, 0.4) is 0 Å². The Morgan fingerprint density at radius 1 is 1.00 bits per heavy atom. The zero-order valence-electron chi connectivity index (χ0n) is 24.5. The predicted molar refractivity (Wildman–Crippen MR) is 140 cm³/mol. The Balaban J connectivity index is 1.29. The number of fused-ring (bicyclic) bond motifs is 4. The van der Waals surface area contributed by atoms with E-state index in [9.17, 15) is 28.2 Å². The fraction of sp³-hybridized carbons (Fsp3) is 0.968. The number of hydrogen-bond donors (Lipinski definition) is 2. The van der Waals surface area contributed by atoms with Gasteiger partial charge in [-0.25, -0.2) is 0 Å². The van der Waals surface area contributed by atoms with Crippen molar-refractivity contribution in [2.75, 3.05) is 13.1 Å². The number of aliphatic hydroxyl groups is 2. The van der Waals surface area contributed by atoms with E-state index in [1.54, 1.807) is 0 Å². The standard InChI is InChI=1S/C31H48F3NO4/c1-17-13-19(14-35(18(2)36)16-31(32,33)34)39-24-23(17)27(5)11-12-30-15-29(30)10-9-22(37)26(3,4)20(29)7-8-21(30)28(27,6)25(24)38/h17,19-25,37-38H,7-16H2,1-6H3/t17-,19?,20+,21?,22+,23+,24?,25+,27-,28-,29-,30+/m1/s1. The molecule has 2 spiro atoms. The highest BCUT2D eigenvalue weighted by Gasteiger charge is 2.84. The number of amides is 1. The summed E-state index contributed by atoms with van der Waals surface area (Å²) in [5.74, 6) is 0.585. The first-order chi connectivity index (χ1) is 17.9. The molecule has 5 saturated carbocycles. The lowest BCUT2D eigenvalue weighted by atomic mass is 9.41. The first-order valence-electron chi connectivity index (χ1n) is 15.3. The summed E-state index contributed by atoms with van der Waals surface area (Å²) in [6.45, 7) is 11.1. The Morgan fingerprint density at radius 2 is 1.64 bits per heavy atom. The zero-order valence-corrected chi connectivity index (χ0v) is 24.5. The molecule has 6 aliphatic rings. The van der Waals surface area contributed by atoms with Crippen LogP contribution >= 0.6 is 0 Å². The molecule has 2 N–H and O–H groups in total. The number of carbonyl (C=O) groups is 1. The average Bonchev–Trinajstić information content (AvgIpc) is 3.45. The van der Waals surface area contributed by atoms with Gasteiger partial charge in [-0.05, 0) is 96.7 Å². The Labute approximate surface area is 231 Å². The van der Waals surface area contributed by atoms with Crippen molar-refractivity contribution in [2.24, 2.45) is 50.7 Å². The number of ether oxygens (including phenoxy) is 1. The highest BCUT2D eigenvalue weighted by Crippen LogP contribution is 2.89. The van der Waals surface area contributed by atoms with Crippen LogP contribution in [-0.2, 0) is 9.53 Å². The minimum absolute atomic E-state index is 0.0967. The summed E-state index contributed by atoms with van der Waals surface area (Å²) in [4.78, 5) is 12.9. The van der Waals surface area contributed by atoms with Crippen molar-refractivity contribution in [3.05, 3.63) is 0 Å². The van der Waals surface area contributed by atoms with Crippen molar-refractivity contribution >= 4 is 5.91 Å². The lowest BCUT2D eigenvalue weighted by Gasteiger charge is -2.63. The fourth-order valence-electron chi connectivity index (χ4n) is 12.3. The minimum Gasteiger partial charge on any atom is -0.393 e. The highest BCUT2D eigenvalue weighted by atomic mass is 19.4. The van der Waals surface area contributed by atoms with Crippen molar-refractivity contribution in [1.82, 2.24) is 4.90 Å². The van der Waals surface area contributed by atoms with Gasteiger partial charge >= 0.3 is 6.18 Å². The molecule has 222 valence electrons. The van der Waals surface area contributed by atoms with Gasteiger partial charge in [-0.2, -0.15) is 13.2 Å². The summed E-state index contributed by atoms with van der Waals surface area (Å²) in [7, 11) is 0. The van der Waals surface area contributed by atoms with Gasteiger partial charge < -0.3 is 19.8 Å². The van der Waals surface area contributed by atoms with E-state index >= 15 is 0 Å². The largest absolute Gasteiger partial charge is 0.406 e. The van der Waals surface area contributed by atoms with Crippen molar-refractivity contribution in [2.45, 2.75) is 124 Å². The molecular weight excluding hydrogens is 507 g/mol. The van der Waals surface area contributed by atoms with Crippen LogP contribution < -0.4 is 0 Å². The number of aliphatic hydroxyl groups excluding tert-OH is 2. The SMILES string of the molecule is CC(=O)N(CC1C[C@@H](C)[C@H]2C(O1)[C@H](O)[C@@]1(C)C3CC[C@H]4C(C)(C)[C@@H](O)CC[C@@]45C[C@@]35CC[C@]21C)CC(F)(F)F. The summed E-state index contributed by atoms with van der Waals surface area (Å²) < 4.78 is 46.1. The Kier molecular flexibility index (Phi) is 6.07. The Bertz CT molecular complexity index is 1030. The molecule has 1 saturated heterocycles. The van der Waals surface area contributed by atoms with E-state index in [-0.39, 0.29) is 51.6 Å². The molecule has 5 nitrogen and oxygen atoms in total. The van der Waals surface area contributed by atoms with Gasteiger partial charge in [0.15, 0.2) is 0 Å². The van der Waals surface area contributed by atoms with Crippen LogP contribution in [0.4, 0.5) is 13.2 Å². The van der Waals surface area contributed by atoms with E-state index in [0.717, 1.165) is 43.4 Å². The van der Waals surface area contributed by atoms with Gasteiger partial charge in [0.05, 0.1) is 24.4 Å². The summed E-state index contributed by atoms with van der Waals surface area (Å²) in [6.07, 6.45) is 1.66. The molecule has 6 rings (SSSR count). The van der Waals surface area contributed by atoms with Crippen LogP contribution in [0.15, 0.2) is 0 Å². The maximum atomic E-state index is 13.2. The van der Waals surface area contributed by atoms with Crippen molar-refractivity contribution in [3.63, 3.8) is 0 Å². The van der Waals surface area contributed by atoms with Gasteiger partial charge in [0.1, 0.15) is 6.54 Å². The number of hydrogen-bond acceptors (Lipinski definition) is 4. The van der Waals surface area contributed by atoms with Crippen molar-refractivity contribution in [1.29, 1.82) is 0 Å². The number of rotatable bonds is 3. The quantitative estimate of drug-likeness (QED) is 0.478. The lowest BCUT2D eigenvalue weighted by molar-refractivity contribution is -0.183. The van der Waals surface area contributed by atoms with Crippen LogP contribution in [0.2, 0.25) is 0 Å². The lowest BCUT2D eigenvalue weighted by Crippen LogP contribution is -2.59. The third kappa shape index (κ3) is 3.52. The van der Waals surface area contributed by atoms with Gasteiger partial charge in [-0.1, -0.05) is 34.6 Å². The molecule has 39 heavy (non-hydrogen) atoms. The van der Waals surface area contributed by atoms with Gasteiger partial charge in [0.25, 0.3) is 0 Å². The summed E-state index contributed by atoms with van der Waals surface area (Å²) in [6, 6.07) is 0. The van der Waals surface area contributed by atoms with E-state index in [4.69, 9.17) is 4.74 Å². The summed E-state index contributed by atoms with van der Waals surface area (Å²) >= 11 is 0. The average molecular weight is 556 g/mol. The van der Waals surface area contributed by atoms with Crippen LogP contribution in [0.25, 0.3) is 0 Å². The van der Waals surface area contributed by atoms with Crippen LogP contribution in [0, 0.1) is 50.7 Å². The molecule has 0 radical (unpaired) electrons. The molecule has 3 unspecified atom stereocenters. The van der Waals surface area contributed by atoms with Gasteiger partial charge in [0.2, 0.25) is 5.91 Å². The fourth-order valence-corrected chi connectivity index (χ4v) is 12.3. The van der Waals surface area contributed by atoms with Gasteiger partial charge in [0, 0.05) is 18.9 Å². The summed E-state index contributed by atoms with van der Waals surface area (Å²) in [5.41, 5.74) is -0.100. The molecule has 0 bridgehead atoms. The van der Waals surface area contributed by atoms with Crippen molar-refractivity contribution in [3.8, 4) is 0 Å². The second kappa shape index (κ2) is 8.37. The third-order valence-electron chi connectivity index (χ3n) is 14.1.